The Bertz CT molecular complexity index is 745. The van der Waals surface area contributed by atoms with Crippen molar-refractivity contribution >= 4 is 40.7 Å². The predicted octanol–water partition coefficient (Wildman–Crippen LogP) is 3.97. The molecular formula is C18H18Cl2N2O2. The predicted molar refractivity (Wildman–Crippen MR) is 97.5 cm³/mol. The van der Waals surface area contributed by atoms with Gasteiger partial charge in [-0.2, -0.15) is 0 Å². The largest absolute Gasteiger partial charge is 0.350 e. The fourth-order valence-electron chi connectivity index (χ4n) is 2.16. The smallest absolute Gasteiger partial charge is 0.240 e. The highest BCUT2D eigenvalue weighted by molar-refractivity contribution is 6.35. The zero-order chi connectivity index (χ0) is 17.7. The van der Waals surface area contributed by atoms with Gasteiger partial charge < -0.3 is 10.2 Å². The average Bonchev–Trinajstić information content (AvgIpc) is 2.54. The number of carbonyl (C=O) groups excluding carboxylic acids is 2. The molecule has 1 N–H and O–H groups in total. The van der Waals surface area contributed by atoms with Gasteiger partial charge in [0.1, 0.15) is 6.54 Å². The molecule has 2 aromatic rings. The highest BCUT2D eigenvalue weighted by atomic mass is 35.5. The molecule has 0 fully saturated rings. The second-order valence-electron chi connectivity index (χ2n) is 5.46. The third kappa shape index (κ3) is 4.98. The maximum atomic E-state index is 12.2. The summed E-state index contributed by atoms with van der Waals surface area (Å²) in [5, 5.41) is 3.61. The molecular weight excluding hydrogens is 347 g/mol. The molecule has 0 saturated carbocycles. The first-order valence-corrected chi connectivity index (χ1v) is 8.18. The molecule has 0 saturated heterocycles. The van der Waals surface area contributed by atoms with Crippen molar-refractivity contribution < 1.29 is 9.59 Å². The molecule has 126 valence electrons. The summed E-state index contributed by atoms with van der Waals surface area (Å²) in [6, 6.07) is 12.7. The van der Waals surface area contributed by atoms with Gasteiger partial charge in [0.2, 0.25) is 11.8 Å². The fraction of sp³-hybridized carbons (Fsp3) is 0.222. The molecule has 4 nitrogen and oxygen atoms in total. The van der Waals surface area contributed by atoms with E-state index in [-0.39, 0.29) is 18.4 Å². The number of rotatable bonds is 5. The van der Waals surface area contributed by atoms with Crippen molar-refractivity contribution in [2.75, 3.05) is 11.4 Å². The van der Waals surface area contributed by atoms with Crippen molar-refractivity contribution in [3.63, 3.8) is 0 Å². The number of anilines is 1. The van der Waals surface area contributed by atoms with Crippen molar-refractivity contribution in [2.45, 2.75) is 20.4 Å². The zero-order valence-electron chi connectivity index (χ0n) is 13.5. The lowest BCUT2D eigenvalue weighted by atomic mass is 10.1. The lowest BCUT2D eigenvalue weighted by molar-refractivity contribution is -0.123. The van der Waals surface area contributed by atoms with Crippen LogP contribution in [0.1, 0.15) is 18.1 Å². The minimum absolute atomic E-state index is 0.124. The Morgan fingerprint density at radius 2 is 1.75 bits per heavy atom. The van der Waals surface area contributed by atoms with E-state index in [0.717, 1.165) is 11.1 Å². The van der Waals surface area contributed by atoms with Gasteiger partial charge in [-0.05, 0) is 30.7 Å². The van der Waals surface area contributed by atoms with Crippen LogP contribution in [0.15, 0.2) is 42.5 Å². The normalized spacial score (nSPS) is 10.3. The van der Waals surface area contributed by atoms with E-state index in [0.29, 0.717) is 22.3 Å². The molecule has 2 amide bonds. The highest BCUT2D eigenvalue weighted by Crippen LogP contribution is 2.29. The van der Waals surface area contributed by atoms with Crippen molar-refractivity contribution in [1.82, 2.24) is 5.32 Å². The molecule has 0 aliphatic rings. The summed E-state index contributed by atoms with van der Waals surface area (Å²) in [7, 11) is 0. The highest BCUT2D eigenvalue weighted by Gasteiger charge is 2.18. The molecule has 6 heteroatoms. The van der Waals surface area contributed by atoms with Crippen molar-refractivity contribution in [1.29, 1.82) is 0 Å². The number of hydrogen-bond donors (Lipinski definition) is 1. The quantitative estimate of drug-likeness (QED) is 0.872. The van der Waals surface area contributed by atoms with E-state index in [1.54, 1.807) is 18.2 Å². The van der Waals surface area contributed by atoms with E-state index in [4.69, 9.17) is 23.2 Å². The molecule has 0 heterocycles. The molecule has 2 rings (SSSR count). The van der Waals surface area contributed by atoms with Crippen molar-refractivity contribution in [2.24, 2.45) is 0 Å². The SMILES string of the molecule is CC(=O)N(CC(=O)NCc1ccc(C)cc1)c1cc(Cl)ccc1Cl. The molecule has 0 spiro atoms. The summed E-state index contributed by atoms with van der Waals surface area (Å²) < 4.78 is 0. The van der Waals surface area contributed by atoms with Crippen LogP contribution in [0.25, 0.3) is 0 Å². The number of nitrogens with one attached hydrogen (secondary N) is 1. The Balaban J connectivity index is 2.04. The monoisotopic (exact) mass is 364 g/mol. The maximum Gasteiger partial charge on any atom is 0.240 e. The molecule has 0 aromatic heterocycles. The second kappa shape index (κ2) is 8.18. The van der Waals surface area contributed by atoms with E-state index >= 15 is 0 Å². The number of amides is 2. The van der Waals surface area contributed by atoms with E-state index in [1.165, 1.54) is 11.8 Å². The van der Waals surface area contributed by atoms with Crippen LogP contribution in [-0.2, 0) is 16.1 Å². The van der Waals surface area contributed by atoms with Gasteiger partial charge in [0.25, 0.3) is 0 Å². The first-order chi connectivity index (χ1) is 11.4. The number of aryl methyl sites for hydroxylation is 1. The van der Waals surface area contributed by atoms with E-state index in [1.807, 2.05) is 31.2 Å². The van der Waals surface area contributed by atoms with Crippen molar-refractivity contribution in [3.05, 3.63) is 63.6 Å². The summed E-state index contributed by atoms with van der Waals surface area (Å²) in [6.45, 7) is 3.65. The van der Waals surface area contributed by atoms with Gasteiger partial charge in [-0.1, -0.05) is 53.0 Å². The number of benzene rings is 2. The Morgan fingerprint density at radius 1 is 1.08 bits per heavy atom. The molecule has 0 aliphatic carbocycles. The Labute approximate surface area is 151 Å². The van der Waals surface area contributed by atoms with Gasteiger partial charge in [-0.15, -0.1) is 0 Å². The van der Waals surface area contributed by atoms with E-state index in [2.05, 4.69) is 5.32 Å². The average molecular weight is 365 g/mol. The lowest BCUT2D eigenvalue weighted by Gasteiger charge is -2.22. The Kier molecular flexibility index (Phi) is 6.23. The fourth-order valence-corrected chi connectivity index (χ4v) is 2.55. The van der Waals surface area contributed by atoms with E-state index in [9.17, 15) is 9.59 Å². The van der Waals surface area contributed by atoms with Crippen LogP contribution >= 0.6 is 23.2 Å². The van der Waals surface area contributed by atoms with Gasteiger partial charge in [0.05, 0.1) is 10.7 Å². The molecule has 0 unspecified atom stereocenters. The number of carbonyl (C=O) groups is 2. The molecule has 0 bridgehead atoms. The van der Waals surface area contributed by atoms with Crippen LogP contribution < -0.4 is 10.2 Å². The molecule has 0 radical (unpaired) electrons. The number of halogens is 2. The zero-order valence-corrected chi connectivity index (χ0v) is 15.0. The van der Waals surface area contributed by atoms with Gasteiger partial charge >= 0.3 is 0 Å². The van der Waals surface area contributed by atoms with Gasteiger partial charge in [-0.3, -0.25) is 9.59 Å². The molecule has 24 heavy (non-hydrogen) atoms. The van der Waals surface area contributed by atoms with Crippen LogP contribution in [0.3, 0.4) is 0 Å². The van der Waals surface area contributed by atoms with Crippen LogP contribution in [0, 0.1) is 6.92 Å². The maximum absolute atomic E-state index is 12.2. The minimum Gasteiger partial charge on any atom is -0.350 e. The van der Waals surface area contributed by atoms with Crippen LogP contribution in [0.4, 0.5) is 5.69 Å². The molecule has 0 aliphatic heterocycles. The summed E-state index contributed by atoms with van der Waals surface area (Å²) in [4.78, 5) is 25.4. The third-order valence-electron chi connectivity index (χ3n) is 3.49. The minimum atomic E-state index is -0.287. The first-order valence-electron chi connectivity index (χ1n) is 7.42. The summed E-state index contributed by atoms with van der Waals surface area (Å²) in [6.07, 6.45) is 0. The summed E-state index contributed by atoms with van der Waals surface area (Å²) in [5.41, 5.74) is 2.56. The Morgan fingerprint density at radius 3 is 2.38 bits per heavy atom. The number of nitrogens with zero attached hydrogens (tertiary/aromatic N) is 1. The lowest BCUT2D eigenvalue weighted by Crippen LogP contribution is -2.39. The van der Waals surface area contributed by atoms with Gasteiger partial charge in [-0.25, -0.2) is 0 Å². The third-order valence-corrected chi connectivity index (χ3v) is 4.05. The van der Waals surface area contributed by atoms with Crippen molar-refractivity contribution in [3.8, 4) is 0 Å². The van der Waals surface area contributed by atoms with E-state index < -0.39 is 0 Å². The van der Waals surface area contributed by atoms with Gasteiger partial charge in [0.15, 0.2) is 0 Å². The van der Waals surface area contributed by atoms with Crippen LogP contribution in [0.5, 0.6) is 0 Å². The molecule has 0 atom stereocenters. The summed E-state index contributed by atoms with van der Waals surface area (Å²) >= 11 is 12.1. The van der Waals surface area contributed by atoms with Gasteiger partial charge in [0, 0.05) is 18.5 Å². The topological polar surface area (TPSA) is 49.4 Å². The second-order valence-corrected chi connectivity index (χ2v) is 6.31. The Hall–Kier alpha value is -2.04. The first kappa shape index (κ1) is 18.3. The standard InChI is InChI=1S/C18H18Cl2N2O2/c1-12-3-5-14(6-4-12)10-21-18(24)11-22(13(2)23)17-9-15(19)7-8-16(17)20/h3-9H,10-11H2,1-2H3,(H,21,24). The van der Waals surface area contributed by atoms with Crippen LogP contribution in [-0.4, -0.2) is 18.4 Å². The summed E-state index contributed by atoms with van der Waals surface area (Å²) in [5.74, 6) is -0.563. The molecule has 2 aromatic carbocycles. The van der Waals surface area contributed by atoms with Crippen LogP contribution in [0.2, 0.25) is 10.0 Å². The number of hydrogen-bond acceptors (Lipinski definition) is 2.